The van der Waals surface area contributed by atoms with E-state index in [9.17, 15) is 18.0 Å². The number of rotatable bonds is 9. The van der Waals surface area contributed by atoms with E-state index in [4.69, 9.17) is 4.74 Å². The van der Waals surface area contributed by atoms with Crippen LogP contribution in [0.5, 0.6) is 5.75 Å². The number of nitrogens with zero attached hydrogens (tertiary/aromatic N) is 3. The Balaban J connectivity index is 1.67. The van der Waals surface area contributed by atoms with E-state index in [2.05, 4.69) is 14.7 Å². The molecule has 0 bridgehead atoms. The number of likely N-dealkylation sites (N-methyl/N-ethyl adjacent to an activating group) is 1. The van der Waals surface area contributed by atoms with E-state index >= 15 is 0 Å². The number of alkyl halides is 3. The summed E-state index contributed by atoms with van der Waals surface area (Å²) in [4.78, 5) is 18.1. The maximum absolute atomic E-state index is 12.7. The summed E-state index contributed by atoms with van der Waals surface area (Å²) in [7, 11) is 3.92. The average molecular weight is 433 g/mol. The number of carbonyl (C=O) groups excluding carboxylic acids is 1. The fourth-order valence-corrected chi connectivity index (χ4v) is 2.87. The molecule has 3 rings (SSSR count). The maximum atomic E-state index is 12.7. The van der Waals surface area contributed by atoms with Crippen molar-refractivity contribution < 1.29 is 27.2 Å². The van der Waals surface area contributed by atoms with Gasteiger partial charge in [0.15, 0.2) is 5.78 Å². The van der Waals surface area contributed by atoms with Gasteiger partial charge in [0.1, 0.15) is 12.4 Å². The minimum Gasteiger partial charge on any atom is -0.492 e. The number of aromatic nitrogens is 2. The quantitative estimate of drug-likeness (QED) is 0.463. The smallest absolute Gasteiger partial charge is 0.471 e. The van der Waals surface area contributed by atoms with Crippen molar-refractivity contribution in [2.75, 3.05) is 27.2 Å². The van der Waals surface area contributed by atoms with E-state index in [1.54, 1.807) is 12.1 Å². The minimum atomic E-state index is -4.72. The Morgan fingerprint density at radius 2 is 1.90 bits per heavy atom. The summed E-state index contributed by atoms with van der Waals surface area (Å²) in [6, 6.07) is 13.7. The highest BCUT2D eigenvalue weighted by Gasteiger charge is 2.38. The predicted octanol–water partition coefficient (Wildman–Crippen LogP) is 4.51. The van der Waals surface area contributed by atoms with Crippen molar-refractivity contribution >= 4 is 5.78 Å². The number of ether oxygens (including phenoxy) is 1. The van der Waals surface area contributed by atoms with Crippen molar-refractivity contribution in [1.82, 2.24) is 15.0 Å². The summed E-state index contributed by atoms with van der Waals surface area (Å²) in [5.41, 5.74) is 1.55. The van der Waals surface area contributed by atoms with Crippen molar-refractivity contribution in [2.45, 2.75) is 19.0 Å². The molecule has 0 amide bonds. The second-order valence-electron chi connectivity index (χ2n) is 7.18. The largest absolute Gasteiger partial charge is 0.492 e. The molecule has 0 aliphatic rings. The van der Waals surface area contributed by atoms with Gasteiger partial charge < -0.3 is 14.2 Å². The Morgan fingerprint density at radius 1 is 1.13 bits per heavy atom. The number of para-hydroxylation sites is 1. The summed E-state index contributed by atoms with van der Waals surface area (Å²) >= 11 is 0. The third kappa shape index (κ3) is 6.14. The molecule has 0 aliphatic heterocycles. The van der Waals surface area contributed by atoms with Gasteiger partial charge in [0, 0.05) is 24.1 Å². The van der Waals surface area contributed by atoms with Crippen molar-refractivity contribution in [3.8, 4) is 17.1 Å². The molecule has 0 spiro atoms. The van der Waals surface area contributed by atoms with Gasteiger partial charge in [-0.1, -0.05) is 41.6 Å². The molecular formula is C22H22F3N3O3. The fraction of sp³-hybridized carbons (Fsp3) is 0.318. The summed E-state index contributed by atoms with van der Waals surface area (Å²) in [6.45, 7) is 1.30. The fourth-order valence-electron chi connectivity index (χ4n) is 2.87. The zero-order chi connectivity index (χ0) is 22.4. The van der Waals surface area contributed by atoms with Crippen molar-refractivity contribution in [3.05, 3.63) is 65.5 Å². The van der Waals surface area contributed by atoms with E-state index < -0.39 is 12.1 Å². The van der Waals surface area contributed by atoms with Crippen molar-refractivity contribution in [2.24, 2.45) is 0 Å². The molecule has 9 heteroatoms. The molecule has 1 aromatic heterocycles. The van der Waals surface area contributed by atoms with Gasteiger partial charge in [-0.15, -0.1) is 0 Å². The molecule has 6 nitrogen and oxygen atoms in total. The number of carbonyl (C=O) groups is 1. The van der Waals surface area contributed by atoms with Crippen LogP contribution in [-0.4, -0.2) is 48.1 Å². The number of aryl methyl sites for hydroxylation is 1. The monoisotopic (exact) mass is 433 g/mol. The molecule has 2 aromatic carbocycles. The molecule has 0 fully saturated rings. The van der Waals surface area contributed by atoms with Crippen LogP contribution in [0.25, 0.3) is 11.4 Å². The van der Waals surface area contributed by atoms with Crippen molar-refractivity contribution in [3.63, 3.8) is 0 Å². The van der Waals surface area contributed by atoms with E-state index in [0.717, 1.165) is 17.9 Å². The van der Waals surface area contributed by atoms with E-state index in [1.165, 1.54) is 12.1 Å². The number of hydrogen-bond acceptors (Lipinski definition) is 6. The molecule has 0 saturated heterocycles. The van der Waals surface area contributed by atoms with Gasteiger partial charge in [0.25, 0.3) is 0 Å². The van der Waals surface area contributed by atoms with Gasteiger partial charge in [0.2, 0.25) is 5.82 Å². The second-order valence-corrected chi connectivity index (χ2v) is 7.18. The Morgan fingerprint density at radius 3 is 2.61 bits per heavy atom. The van der Waals surface area contributed by atoms with Gasteiger partial charge in [-0.2, -0.15) is 18.2 Å². The van der Waals surface area contributed by atoms with Crippen LogP contribution in [0.2, 0.25) is 0 Å². The van der Waals surface area contributed by atoms with Gasteiger partial charge in [-0.25, -0.2) is 0 Å². The Bertz CT molecular complexity index is 1030. The van der Waals surface area contributed by atoms with Crippen LogP contribution in [0.4, 0.5) is 13.2 Å². The number of ketones is 1. The van der Waals surface area contributed by atoms with Gasteiger partial charge in [-0.05, 0) is 38.2 Å². The molecule has 0 saturated carbocycles. The molecule has 0 atom stereocenters. The van der Waals surface area contributed by atoms with Crippen molar-refractivity contribution in [1.29, 1.82) is 0 Å². The number of benzene rings is 2. The molecule has 0 radical (unpaired) electrons. The molecule has 31 heavy (non-hydrogen) atoms. The van der Waals surface area contributed by atoms with Crippen LogP contribution in [0.3, 0.4) is 0 Å². The maximum Gasteiger partial charge on any atom is 0.471 e. The lowest BCUT2D eigenvalue weighted by Gasteiger charge is -2.14. The van der Waals surface area contributed by atoms with E-state index in [-0.39, 0.29) is 23.6 Å². The molecule has 0 unspecified atom stereocenters. The summed E-state index contributed by atoms with van der Waals surface area (Å²) < 4.78 is 48.1. The lowest BCUT2D eigenvalue weighted by atomic mass is 10.0. The lowest BCUT2D eigenvalue weighted by molar-refractivity contribution is -0.159. The van der Waals surface area contributed by atoms with E-state index in [0.29, 0.717) is 18.6 Å². The molecular weight excluding hydrogens is 411 g/mol. The third-order valence-corrected chi connectivity index (χ3v) is 4.50. The zero-order valence-electron chi connectivity index (χ0n) is 17.1. The van der Waals surface area contributed by atoms with Crippen LogP contribution in [0.15, 0.2) is 53.1 Å². The summed E-state index contributed by atoms with van der Waals surface area (Å²) in [5.74, 6) is -1.06. The number of halogens is 3. The third-order valence-electron chi connectivity index (χ3n) is 4.50. The number of hydrogen-bond donors (Lipinski definition) is 0. The average Bonchev–Trinajstić information content (AvgIpc) is 3.24. The SMILES string of the molecule is CN(C)CCOc1ccccc1CCC(=O)c1cccc(-c2noc(C(F)(F)F)n2)c1. The van der Waals surface area contributed by atoms with Crippen LogP contribution in [0, 0.1) is 0 Å². The van der Waals surface area contributed by atoms with Crippen LogP contribution in [-0.2, 0) is 12.6 Å². The van der Waals surface area contributed by atoms with Crippen LogP contribution in [0.1, 0.15) is 28.2 Å². The molecule has 1 heterocycles. The van der Waals surface area contributed by atoms with E-state index in [1.807, 2.05) is 43.3 Å². The highest BCUT2D eigenvalue weighted by Crippen LogP contribution is 2.29. The molecule has 0 N–H and O–H groups in total. The van der Waals surface area contributed by atoms with Gasteiger partial charge in [-0.3, -0.25) is 4.79 Å². The first-order valence-corrected chi connectivity index (χ1v) is 9.64. The minimum absolute atomic E-state index is 0.149. The first-order chi connectivity index (χ1) is 14.7. The Hall–Kier alpha value is -3.20. The highest BCUT2D eigenvalue weighted by atomic mass is 19.4. The summed E-state index contributed by atoms with van der Waals surface area (Å²) in [5, 5.41) is 3.36. The van der Waals surface area contributed by atoms with Gasteiger partial charge >= 0.3 is 12.1 Å². The highest BCUT2D eigenvalue weighted by molar-refractivity contribution is 5.97. The zero-order valence-corrected chi connectivity index (χ0v) is 17.1. The van der Waals surface area contributed by atoms with Gasteiger partial charge in [0.05, 0.1) is 0 Å². The van der Waals surface area contributed by atoms with Crippen LogP contribution >= 0.6 is 0 Å². The molecule has 3 aromatic rings. The summed E-state index contributed by atoms with van der Waals surface area (Å²) in [6.07, 6.45) is -4.03. The Labute approximate surface area is 177 Å². The lowest BCUT2D eigenvalue weighted by Crippen LogP contribution is -2.19. The predicted molar refractivity (Wildman–Crippen MR) is 108 cm³/mol. The standard InChI is InChI=1S/C22H22F3N3O3/c1-28(2)12-13-30-19-9-4-3-6-15(19)10-11-18(29)16-7-5-8-17(14-16)20-26-21(31-27-20)22(23,24)25/h3-9,14H,10-13H2,1-2H3. The normalized spacial score (nSPS) is 11.7. The first kappa shape index (κ1) is 22.5. The molecule has 164 valence electrons. The topological polar surface area (TPSA) is 68.5 Å². The second kappa shape index (κ2) is 9.74. The number of Topliss-reactive ketones (excluding diaryl/α,β-unsaturated/α-hetero) is 1. The first-order valence-electron chi connectivity index (χ1n) is 9.64. The molecule has 0 aliphatic carbocycles. The van der Waals surface area contributed by atoms with Crippen LogP contribution < -0.4 is 4.74 Å². The Kier molecular flexibility index (Phi) is 7.06.